The Morgan fingerprint density at radius 2 is 1.74 bits per heavy atom. The molecule has 2 saturated heterocycles. The predicted molar refractivity (Wildman–Crippen MR) is 94.7 cm³/mol. The van der Waals surface area contributed by atoms with Crippen molar-refractivity contribution < 1.29 is 39.7 Å². The number of hydrogen-bond acceptors (Lipinski definition) is 8. The molecule has 1 saturated carbocycles. The summed E-state index contributed by atoms with van der Waals surface area (Å²) < 4.78 is 17.1. The first-order valence-corrected chi connectivity index (χ1v) is 9.50. The van der Waals surface area contributed by atoms with E-state index in [1.807, 2.05) is 19.1 Å². The van der Waals surface area contributed by atoms with Crippen molar-refractivity contribution in [1.29, 1.82) is 0 Å². The third-order valence-corrected chi connectivity index (χ3v) is 6.31. The van der Waals surface area contributed by atoms with Crippen molar-refractivity contribution in [2.45, 2.75) is 94.7 Å². The van der Waals surface area contributed by atoms with Gasteiger partial charge in [0.2, 0.25) is 0 Å². The van der Waals surface area contributed by atoms with Gasteiger partial charge in [-0.1, -0.05) is 26.0 Å². The van der Waals surface area contributed by atoms with E-state index in [0.29, 0.717) is 12.8 Å². The lowest BCUT2D eigenvalue weighted by Crippen LogP contribution is -2.59. The van der Waals surface area contributed by atoms with Gasteiger partial charge in [0, 0.05) is 11.8 Å². The number of epoxide rings is 1. The highest BCUT2D eigenvalue weighted by Crippen LogP contribution is 2.66. The van der Waals surface area contributed by atoms with Crippen LogP contribution in [0.15, 0.2) is 12.2 Å². The fourth-order valence-electron chi connectivity index (χ4n) is 4.78. The number of hydrogen-bond donors (Lipinski definition) is 5. The first-order valence-electron chi connectivity index (χ1n) is 9.50. The molecule has 0 radical (unpaired) electrons. The van der Waals surface area contributed by atoms with Gasteiger partial charge in [-0.25, -0.2) is 0 Å². The SMILES string of the molecule is C[C@@H](/C=C/[C@@]12O[C@]1(C)C[C@H](O)CC2(C)C)O[C@@H]1O[C@H](CO)[C@@H](O)[C@H](O)[C@H]1O. The Labute approximate surface area is 159 Å². The van der Waals surface area contributed by atoms with Crippen molar-refractivity contribution in [2.24, 2.45) is 5.41 Å². The third kappa shape index (κ3) is 3.47. The topological polar surface area (TPSA) is 132 Å². The summed E-state index contributed by atoms with van der Waals surface area (Å²) in [6, 6.07) is 0. The van der Waals surface area contributed by atoms with Gasteiger partial charge in [0.25, 0.3) is 0 Å². The van der Waals surface area contributed by atoms with E-state index in [0.717, 1.165) is 0 Å². The van der Waals surface area contributed by atoms with E-state index >= 15 is 0 Å². The molecule has 0 amide bonds. The molecular formula is C19H32O8. The number of fused-ring (bicyclic) bond motifs is 1. The normalized spacial score (nSPS) is 50.4. The Hall–Kier alpha value is -0.580. The Balaban J connectivity index is 1.67. The van der Waals surface area contributed by atoms with Crippen LogP contribution in [-0.2, 0) is 14.2 Å². The number of ether oxygens (including phenoxy) is 3. The lowest BCUT2D eigenvalue weighted by molar-refractivity contribution is -0.306. The van der Waals surface area contributed by atoms with E-state index in [4.69, 9.17) is 14.2 Å². The Kier molecular flexibility index (Phi) is 5.51. The fourth-order valence-corrected chi connectivity index (χ4v) is 4.78. The van der Waals surface area contributed by atoms with E-state index in [-0.39, 0.29) is 5.41 Å². The molecule has 9 atom stereocenters. The average molecular weight is 388 g/mol. The van der Waals surface area contributed by atoms with Crippen LogP contribution in [0.4, 0.5) is 0 Å². The van der Waals surface area contributed by atoms with Crippen molar-refractivity contribution in [2.75, 3.05) is 6.61 Å². The van der Waals surface area contributed by atoms with Crippen LogP contribution in [0.25, 0.3) is 0 Å². The summed E-state index contributed by atoms with van der Waals surface area (Å²) in [6.45, 7) is 7.38. The van der Waals surface area contributed by atoms with Gasteiger partial charge in [-0.2, -0.15) is 0 Å². The Bertz CT molecular complexity index is 578. The maximum Gasteiger partial charge on any atom is 0.187 e. The molecule has 0 aromatic heterocycles. The van der Waals surface area contributed by atoms with Crippen molar-refractivity contribution >= 4 is 0 Å². The van der Waals surface area contributed by atoms with Gasteiger partial charge < -0.3 is 39.7 Å². The summed E-state index contributed by atoms with van der Waals surface area (Å²) in [5.41, 5.74) is -1.17. The minimum atomic E-state index is -1.47. The van der Waals surface area contributed by atoms with Crippen molar-refractivity contribution in [3.8, 4) is 0 Å². The van der Waals surface area contributed by atoms with Gasteiger partial charge in [-0.3, -0.25) is 0 Å². The molecule has 0 spiro atoms. The molecule has 156 valence electrons. The average Bonchev–Trinajstić information content (AvgIpc) is 3.19. The van der Waals surface area contributed by atoms with Crippen LogP contribution >= 0.6 is 0 Å². The van der Waals surface area contributed by atoms with E-state index < -0.39 is 60.7 Å². The van der Waals surface area contributed by atoms with Gasteiger partial charge in [-0.15, -0.1) is 0 Å². The lowest BCUT2D eigenvalue weighted by Gasteiger charge is -2.40. The number of rotatable bonds is 5. The zero-order valence-electron chi connectivity index (χ0n) is 16.3. The molecular weight excluding hydrogens is 356 g/mol. The highest BCUT2D eigenvalue weighted by molar-refractivity contribution is 5.32. The van der Waals surface area contributed by atoms with Gasteiger partial charge in [0.1, 0.15) is 35.6 Å². The zero-order valence-corrected chi connectivity index (χ0v) is 16.3. The molecule has 5 N–H and O–H groups in total. The lowest BCUT2D eigenvalue weighted by atomic mass is 9.63. The standard InChI is InChI=1S/C19H32O8/c1-10(25-16-15(24)14(23)13(22)12(9-20)26-16)5-6-19-17(2,3)7-11(21)8-18(19,4)27-19/h5-6,10-16,20-24H,7-9H2,1-4H3/b6-5+/t10-,11+,12+,13+,14-,15+,16+,18+,19-/m0/s1. The highest BCUT2D eigenvalue weighted by Gasteiger charge is 2.74. The number of aliphatic hydroxyl groups is 5. The molecule has 8 heteroatoms. The minimum Gasteiger partial charge on any atom is -0.394 e. The van der Waals surface area contributed by atoms with Crippen LogP contribution in [-0.4, -0.2) is 86.3 Å². The second-order valence-corrected chi connectivity index (χ2v) is 8.91. The van der Waals surface area contributed by atoms with Crippen LogP contribution in [0.3, 0.4) is 0 Å². The summed E-state index contributed by atoms with van der Waals surface area (Å²) in [6.07, 6.45) is -2.39. The second kappa shape index (κ2) is 7.03. The fraction of sp³-hybridized carbons (Fsp3) is 0.895. The maximum absolute atomic E-state index is 10.1. The van der Waals surface area contributed by atoms with Crippen LogP contribution in [0.1, 0.15) is 40.5 Å². The molecule has 3 rings (SSSR count). The molecule has 2 aliphatic heterocycles. The molecule has 2 heterocycles. The zero-order chi connectivity index (χ0) is 20.2. The molecule has 0 aromatic carbocycles. The van der Waals surface area contributed by atoms with Crippen molar-refractivity contribution in [3.63, 3.8) is 0 Å². The van der Waals surface area contributed by atoms with E-state index in [1.54, 1.807) is 6.92 Å². The quantitative estimate of drug-likeness (QED) is 0.313. The van der Waals surface area contributed by atoms with E-state index in [2.05, 4.69) is 13.8 Å². The van der Waals surface area contributed by atoms with Gasteiger partial charge in [0.15, 0.2) is 6.29 Å². The van der Waals surface area contributed by atoms with Gasteiger partial charge >= 0.3 is 0 Å². The van der Waals surface area contributed by atoms with Crippen LogP contribution in [0.2, 0.25) is 0 Å². The van der Waals surface area contributed by atoms with Crippen LogP contribution < -0.4 is 0 Å². The van der Waals surface area contributed by atoms with Crippen LogP contribution in [0, 0.1) is 5.41 Å². The molecule has 1 aliphatic carbocycles. The Morgan fingerprint density at radius 3 is 2.33 bits per heavy atom. The van der Waals surface area contributed by atoms with Crippen molar-refractivity contribution in [3.05, 3.63) is 12.2 Å². The van der Waals surface area contributed by atoms with E-state index in [9.17, 15) is 25.5 Å². The first-order chi connectivity index (χ1) is 12.5. The second-order valence-electron chi connectivity index (χ2n) is 8.91. The smallest absolute Gasteiger partial charge is 0.187 e. The minimum absolute atomic E-state index is 0.251. The monoisotopic (exact) mass is 388 g/mol. The molecule has 27 heavy (non-hydrogen) atoms. The summed E-state index contributed by atoms with van der Waals surface area (Å²) in [5, 5.41) is 49.1. The summed E-state index contributed by atoms with van der Waals surface area (Å²) in [4.78, 5) is 0. The largest absolute Gasteiger partial charge is 0.394 e. The molecule has 0 bridgehead atoms. The molecule has 3 aliphatic rings. The van der Waals surface area contributed by atoms with Crippen molar-refractivity contribution in [1.82, 2.24) is 0 Å². The summed E-state index contributed by atoms with van der Waals surface area (Å²) in [5.74, 6) is 0. The molecule has 3 fully saturated rings. The molecule has 0 aromatic rings. The Morgan fingerprint density at radius 1 is 1.07 bits per heavy atom. The highest BCUT2D eigenvalue weighted by atomic mass is 16.7. The summed E-state index contributed by atoms with van der Waals surface area (Å²) in [7, 11) is 0. The molecule has 8 nitrogen and oxygen atoms in total. The predicted octanol–water partition coefficient (Wildman–Crippen LogP) is -0.544. The number of aliphatic hydroxyl groups excluding tert-OH is 5. The van der Waals surface area contributed by atoms with Gasteiger partial charge in [0.05, 0.1) is 18.8 Å². The first kappa shape index (κ1) is 21.1. The van der Waals surface area contributed by atoms with Crippen LogP contribution in [0.5, 0.6) is 0 Å². The maximum atomic E-state index is 10.1. The van der Waals surface area contributed by atoms with Gasteiger partial charge in [-0.05, 0) is 20.3 Å². The molecule has 0 unspecified atom stereocenters. The summed E-state index contributed by atoms with van der Waals surface area (Å²) >= 11 is 0. The third-order valence-electron chi connectivity index (χ3n) is 6.31. The van der Waals surface area contributed by atoms with E-state index in [1.165, 1.54) is 0 Å².